The maximum absolute atomic E-state index is 7.55. The summed E-state index contributed by atoms with van der Waals surface area (Å²) in [4.78, 5) is 19.1. The molecule has 0 saturated heterocycles. The molecule has 0 radical (unpaired) electrons. The summed E-state index contributed by atoms with van der Waals surface area (Å²) >= 11 is 1.96. The molecule has 0 aliphatic heterocycles. The lowest BCUT2D eigenvalue weighted by Crippen LogP contribution is -2.57. The number of fused-ring (bicyclic) bond motifs is 6. The van der Waals surface area contributed by atoms with E-state index < -0.39 is 0 Å². The van der Waals surface area contributed by atoms with Crippen molar-refractivity contribution in [2.24, 2.45) is 0 Å². The number of furan rings is 1. The van der Waals surface area contributed by atoms with Crippen molar-refractivity contribution in [1.29, 1.82) is 0 Å². The second kappa shape index (κ2) is 19.9. The van der Waals surface area contributed by atoms with Crippen molar-refractivity contribution in [2.75, 3.05) is 4.90 Å². The third kappa shape index (κ3) is 8.00. The van der Waals surface area contributed by atoms with Gasteiger partial charge in [-0.15, -0.1) is 44.1 Å². The van der Waals surface area contributed by atoms with Crippen LogP contribution in [0.25, 0.3) is 87.4 Å². The van der Waals surface area contributed by atoms with E-state index in [1.807, 2.05) is 23.5 Å². The van der Waals surface area contributed by atoms with Gasteiger partial charge in [-0.05, 0) is 27.4 Å². The number of hydrogen-bond donors (Lipinski definition) is 0. The number of nitrogens with zero attached hydrogens (tertiary/aromatic N) is 4. The summed E-state index contributed by atoms with van der Waals surface area (Å²) in [5.41, 5.74) is 39.0. The normalized spacial score (nSPS) is 11.6. The quantitative estimate of drug-likeness (QED) is 0.149. The fourth-order valence-corrected chi connectivity index (χ4v) is 15.1. The molecule has 3 aromatic heterocycles. The van der Waals surface area contributed by atoms with Crippen molar-refractivity contribution >= 4 is 363 Å². The van der Waals surface area contributed by atoms with E-state index in [-0.39, 0.29) is 0 Å². The van der Waals surface area contributed by atoms with Gasteiger partial charge in [-0.3, -0.25) is 0 Å². The molecule has 3 heterocycles. The van der Waals surface area contributed by atoms with Crippen molar-refractivity contribution in [3.63, 3.8) is 0 Å². The zero-order valence-corrected chi connectivity index (χ0v) is 51.7. The van der Waals surface area contributed by atoms with Gasteiger partial charge in [0.1, 0.15) is 184 Å². The Bertz CT molecular complexity index is 4420. The summed E-state index contributed by atoms with van der Waals surface area (Å²) < 4.78 is 10.2. The van der Waals surface area contributed by atoms with Crippen LogP contribution in [0.5, 0.6) is 0 Å². The van der Waals surface area contributed by atoms with Gasteiger partial charge in [-0.1, -0.05) is 143 Å². The van der Waals surface area contributed by atoms with E-state index in [0.717, 1.165) is 60.7 Å². The second-order valence-electron chi connectivity index (χ2n) is 23.3. The molecule has 8 aromatic carbocycles. The highest BCUT2D eigenvalue weighted by molar-refractivity contribution is 7.28. The average Bonchev–Trinajstić information content (AvgIpc) is 3.81. The van der Waals surface area contributed by atoms with Crippen molar-refractivity contribution in [3.8, 4) is 45.3 Å². The van der Waals surface area contributed by atoms with Crippen LogP contribution in [0.4, 0.5) is 17.1 Å². The minimum atomic E-state index is 0.614. The highest BCUT2D eigenvalue weighted by Crippen LogP contribution is 2.43. The number of anilines is 3. The van der Waals surface area contributed by atoms with Gasteiger partial charge in [0.25, 0.3) is 0 Å². The van der Waals surface area contributed by atoms with E-state index in [2.05, 4.69) is 226 Å². The Morgan fingerprint density at radius 3 is 1.14 bits per heavy atom. The predicted molar refractivity (Wildman–Crippen MR) is 416 cm³/mol. The summed E-state index contributed by atoms with van der Waals surface area (Å²) in [5.74, 6) is 1.86. The first-order chi connectivity index (χ1) is 37.4. The predicted octanol–water partition coefficient (Wildman–Crippen LogP) is -24.0. The molecule has 79 heavy (non-hydrogen) atoms. The molecule has 0 atom stereocenters. The van der Waals surface area contributed by atoms with Crippen LogP contribution in [0.15, 0.2) is 65.1 Å². The number of thiophene rings is 1. The molecule has 356 valence electrons. The number of aromatic nitrogens is 3. The minimum absolute atomic E-state index is 0.614. The first-order valence-corrected chi connectivity index (χ1v) is 29.0. The molecule has 11 aromatic rings. The van der Waals surface area contributed by atoms with E-state index in [1.54, 1.807) is 0 Å². The Kier molecular flexibility index (Phi) is 13.9. The van der Waals surface area contributed by atoms with Gasteiger partial charge in [-0.2, -0.15) is 0 Å². The average molecular weight is 1010 g/mol. The number of benzene rings is 8. The van der Waals surface area contributed by atoms with Gasteiger partial charge in [-0.25, -0.2) is 15.0 Å². The van der Waals surface area contributed by atoms with Gasteiger partial charge >= 0.3 is 0 Å². The Hall–Kier alpha value is -5.98. The number of hydrogen-bond acceptors (Lipinski definition) is 6. The Labute approximate surface area is 490 Å². The molecular formula is C51H54B22N4OS. The van der Waals surface area contributed by atoms with Crippen LogP contribution in [0, 0.1) is 0 Å². The van der Waals surface area contributed by atoms with Crippen LogP contribution in [-0.2, 0) is 0 Å². The smallest absolute Gasteiger partial charge is 0.164 e. The molecule has 0 amide bonds. The molecule has 11 rings (SSSR count). The maximum Gasteiger partial charge on any atom is 0.164 e. The molecule has 0 fully saturated rings. The largest absolute Gasteiger partial charge is 0.457 e. The van der Waals surface area contributed by atoms with E-state index >= 15 is 0 Å². The van der Waals surface area contributed by atoms with Crippen molar-refractivity contribution in [3.05, 3.63) is 60.7 Å². The van der Waals surface area contributed by atoms with Gasteiger partial charge in [0, 0.05) is 43.5 Å². The first kappa shape index (κ1) is 55.0. The van der Waals surface area contributed by atoms with Gasteiger partial charge in [0.05, 0.1) is 10.4 Å². The zero-order chi connectivity index (χ0) is 56.9. The maximum atomic E-state index is 7.55. The summed E-state index contributed by atoms with van der Waals surface area (Å²) in [6.07, 6.45) is 0. The van der Waals surface area contributed by atoms with Crippen LogP contribution < -0.4 is 125 Å². The van der Waals surface area contributed by atoms with Crippen molar-refractivity contribution < 1.29 is 4.42 Å². The molecular weight excluding hydrogens is 955 g/mol. The summed E-state index contributed by atoms with van der Waals surface area (Å²) in [5, 5.41) is 4.87. The first-order valence-electron chi connectivity index (χ1n) is 28.2. The third-order valence-electron chi connectivity index (χ3n) is 19.8. The summed E-state index contributed by atoms with van der Waals surface area (Å²) in [6, 6.07) is 20.7. The lowest BCUT2D eigenvalue weighted by atomic mass is 9.56. The van der Waals surface area contributed by atoms with E-state index in [0.29, 0.717) is 17.5 Å². The van der Waals surface area contributed by atoms with Crippen molar-refractivity contribution in [1.82, 2.24) is 15.0 Å². The van der Waals surface area contributed by atoms with Crippen LogP contribution in [-0.4, -0.2) is 188 Å². The van der Waals surface area contributed by atoms with Crippen LogP contribution in [0.2, 0.25) is 0 Å². The molecule has 0 bridgehead atoms. The fraction of sp³-hybridized carbons (Fsp3) is 0. The van der Waals surface area contributed by atoms with Crippen LogP contribution in [0.1, 0.15) is 0 Å². The standard InChI is InChI=1S/C51H54B22N4OS/c52-20-14(21(53)29(61)33(65)28(20)60)15-22(54)36(68)43(37(69)23(15)55)77(44-38(70)32(64)26(58)18-17-25(57)31(63)35(67)40(72)47(17)79-48(18)44)42-27(59)19(13-16-24(56)30(62)34(66)39(71)46(16)78-45(13)41(42)73)51-75-49(11-7-3-1-4-8-11)74-50(76-51)12-9-5-2-6-10-12/h1-10H,52-73H2. The monoisotopic (exact) mass is 1010 g/mol. The van der Waals surface area contributed by atoms with Crippen molar-refractivity contribution in [2.45, 2.75) is 0 Å². The summed E-state index contributed by atoms with van der Waals surface area (Å²) in [7, 11) is 50.9. The minimum Gasteiger partial charge on any atom is -0.457 e. The van der Waals surface area contributed by atoms with E-state index in [4.69, 9.17) is 19.4 Å². The molecule has 0 unspecified atom stereocenters. The molecule has 0 aliphatic carbocycles. The molecule has 0 N–H and O–H groups in total. The topological polar surface area (TPSA) is 55.1 Å². The van der Waals surface area contributed by atoms with Crippen LogP contribution in [0.3, 0.4) is 0 Å². The lowest BCUT2D eigenvalue weighted by Gasteiger charge is -2.37. The fourth-order valence-electron chi connectivity index (χ4n) is 13.5. The third-order valence-corrected chi connectivity index (χ3v) is 21.1. The Morgan fingerprint density at radius 1 is 0.278 bits per heavy atom. The molecule has 0 spiro atoms. The SMILES string of the molecule is Bc1c(B)c(B)c(-c2c(B)c(B)c(N(c3c(B)c(-c4nc(-c5ccccc5)nc(-c5ccccc5)n4)c4c(oc5c(B)c(B)c(B)c(B)c54)c3B)c3c(B)c(B)c(B)c4c3sc3c(B)c(B)c(B)c(B)c34)c(B)c2B)c(B)c1B. The number of rotatable bonds is 7. The molecule has 28 heteroatoms. The molecule has 0 aliphatic rings. The van der Waals surface area contributed by atoms with E-state index in [9.17, 15) is 0 Å². The van der Waals surface area contributed by atoms with Crippen LogP contribution >= 0.6 is 11.3 Å². The highest BCUT2D eigenvalue weighted by Gasteiger charge is 2.34. The van der Waals surface area contributed by atoms with Gasteiger partial charge < -0.3 is 9.32 Å². The van der Waals surface area contributed by atoms with Gasteiger partial charge in [0.15, 0.2) is 17.5 Å². The summed E-state index contributed by atoms with van der Waals surface area (Å²) in [6.45, 7) is 0. The van der Waals surface area contributed by atoms with Gasteiger partial charge in [0.2, 0.25) is 0 Å². The highest BCUT2D eigenvalue weighted by atomic mass is 32.1. The molecule has 0 saturated carbocycles. The lowest BCUT2D eigenvalue weighted by molar-refractivity contribution is 0.674. The Balaban J connectivity index is 1.39. The Morgan fingerprint density at radius 2 is 0.633 bits per heavy atom. The second-order valence-corrected chi connectivity index (χ2v) is 24.3. The zero-order valence-electron chi connectivity index (χ0n) is 50.9. The molecule has 5 nitrogen and oxygen atoms in total. The van der Waals surface area contributed by atoms with E-state index in [1.165, 1.54) is 146 Å².